The van der Waals surface area contributed by atoms with E-state index in [1.165, 1.54) is 5.56 Å². The van der Waals surface area contributed by atoms with Crippen molar-refractivity contribution in [2.75, 3.05) is 20.6 Å². The van der Waals surface area contributed by atoms with Gasteiger partial charge in [0.15, 0.2) is 0 Å². The molecule has 0 fully saturated rings. The van der Waals surface area contributed by atoms with Crippen molar-refractivity contribution in [3.8, 4) is 0 Å². The highest BCUT2D eigenvalue weighted by Gasteiger charge is 2.17. The Bertz CT molecular complexity index is 990. The lowest BCUT2D eigenvalue weighted by Crippen LogP contribution is -2.35. The fraction of sp³-hybridized carbons (Fsp3) is 0.273. The van der Waals surface area contributed by atoms with Crippen molar-refractivity contribution in [2.24, 2.45) is 0 Å². The number of H-pyrrole nitrogens is 1. The summed E-state index contributed by atoms with van der Waals surface area (Å²) >= 11 is 0. The number of benzene rings is 2. The number of hydrogen-bond donors (Lipinski definition) is 2. The first-order chi connectivity index (χ1) is 13.0. The molecule has 27 heavy (non-hydrogen) atoms. The van der Waals surface area contributed by atoms with Gasteiger partial charge < -0.3 is 15.2 Å². The van der Waals surface area contributed by atoms with Crippen LogP contribution in [0.2, 0.25) is 0 Å². The quantitative estimate of drug-likeness (QED) is 0.707. The number of nitrogens with one attached hydrogen (secondary N) is 2. The number of hydrogen-bond acceptors (Lipinski definition) is 3. The number of rotatable bonds is 6. The first kappa shape index (κ1) is 18.9. The molecule has 0 radical (unpaired) electrons. The van der Waals surface area contributed by atoms with E-state index in [1.807, 2.05) is 32.3 Å². The van der Waals surface area contributed by atoms with Gasteiger partial charge in [-0.1, -0.05) is 49.4 Å². The van der Waals surface area contributed by atoms with E-state index in [1.54, 1.807) is 12.1 Å². The molecule has 5 heteroatoms. The normalized spacial score (nSPS) is 12.3. The maximum absolute atomic E-state index is 12.6. The molecule has 140 valence electrons. The summed E-state index contributed by atoms with van der Waals surface area (Å²) in [5, 5.41) is 4.28. The monoisotopic (exact) mass is 363 g/mol. The Balaban J connectivity index is 1.77. The van der Waals surface area contributed by atoms with Crippen molar-refractivity contribution >= 4 is 16.7 Å². The minimum atomic E-state index is -0.283. The molecule has 1 atom stereocenters. The Morgan fingerprint density at radius 1 is 1.11 bits per heavy atom. The van der Waals surface area contributed by atoms with Crippen LogP contribution in [0, 0.1) is 0 Å². The number of nitrogens with zero attached hydrogens (tertiary/aromatic N) is 1. The Hall–Kier alpha value is -2.92. The van der Waals surface area contributed by atoms with E-state index in [0.29, 0.717) is 11.9 Å². The molecule has 3 rings (SSSR count). The van der Waals surface area contributed by atoms with Gasteiger partial charge in [0.1, 0.15) is 5.69 Å². The third-order valence-corrected chi connectivity index (χ3v) is 4.85. The SMILES string of the molecule is CCc1ccc(C(CNC(=O)c2cc3ccccc3c(=O)[nH]2)N(C)C)cc1. The maximum Gasteiger partial charge on any atom is 0.267 e. The number of aryl methyl sites for hydroxylation is 1. The van der Waals surface area contributed by atoms with E-state index in [-0.39, 0.29) is 23.2 Å². The topological polar surface area (TPSA) is 65.2 Å². The molecule has 0 aliphatic rings. The lowest BCUT2D eigenvalue weighted by Gasteiger charge is -2.25. The van der Waals surface area contributed by atoms with Gasteiger partial charge in [-0.05, 0) is 49.2 Å². The van der Waals surface area contributed by atoms with Gasteiger partial charge in [0.25, 0.3) is 11.5 Å². The van der Waals surface area contributed by atoms with Gasteiger partial charge in [-0.25, -0.2) is 0 Å². The second-order valence-electron chi connectivity index (χ2n) is 6.88. The van der Waals surface area contributed by atoms with Crippen LogP contribution in [0.15, 0.2) is 59.4 Å². The smallest absolute Gasteiger partial charge is 0.267 e. The summed E-state index contributed by atoms with van der Waals surface area (Å²) < 4.78 is 0. The highest BCUT2D eigenvalue weighted by atomic mass is 16.2. The van der Waals surface area contributed by atoms with Crippen LogP contribution in [0.25, 0.3) is 10.8 Å². The van der Waals surface area contributed by atoms with Crippen LogP contribution in [0.5, 0.6) is 0 Å². The highest BCUT2D eigenvalue weighted by molar-refractivity contribution is 5.96. The Kier molecular flexibility index (Phi) is 5.72. The molecule has 1 heterocycles. The van der Waals surface area contributed by atoms with E-state index in [9.17, 15) is 9.59 Å². The second-order valence-corrected chi connectivity index (χ2v) is 6.88. The average Bonchev–Trinajstić information content (AvgIpc) is 2.68. The zero-order valence-electron chi connectivity index (χ0n) is 16.0. The number of pyridine rings is 1. The third kappa shape index (κ3) is 4.26. The summed E-state index contributed by atoms with van der Waals surface area (Å²) in [6.45, 7) is 2.58. The van der Waals surface area contributed by atoms with Gasteiger partial charge in [0.05, 0.1) is 6.04 Å². The van der Waals surface area contributed by atoms with E-state index < -0.39 is 0 Å². The van der Waals surface area contributed by atoms with Crippen LogP contribution in [0.3, 0.4) is 0 Å². The Morgan fingerprint density at radius 3 is 2.48 bits per heavy atom. The molecule has 1 aromatic heterocycles. The van der Waals surface area contributed by atoms with Crippen LogP contribution < -0.4 is 10.9 Å². The van der Waals surface area contributed by atoms with Crippen LogP contribution in [0.1, 0.15) is 34.6 Å². The number of amides is 1. The van der Waals surface area contributed by atoms with E-state index in [0.717, 1.165) is 17.4 Å². The Labute approximate surface area is 159 Å². The summed E-state index contributed by atoms with van der Waals surface area (Å²) in [6, 6.07) is 17.5. The van der Waals surface area contributed by atoms with Crippen LogP contribution in [0.4, 0.5) is 0 Å². The number of aromatic amines is 1. The summed E-state index contributed by atoms with van der Waals surface area (Å²) in [6.07, 6.45) is 0.999. The molecule has 0 saturated heterocycles. The fourth-order valence-electron chi connectivity index (χ4n) is 3.19. The number of fused-ring (bicyclic) bond motifs is 1. The summed E-state index contributed by atoms with van der Waals surface area (Å²) in [5.41, 5.74) is 2.45. The molecular weight excluding hydrogens is 338 g/mol. The molecule has 2 aromatic carbocycles. The first-order valence-electron chi connectivity index (χ1n) is 9.15. The minimum absolute atomic E-state index is 0.0482. The lowest BCUT2D eigenvalue weighted by molar-refractivity contribution is 0.0937. The average molecular weight is 363 g/mol. The molecular formula is C22H25N3O2. The van der Waals surface area contributed by atoms with E-state index in [2.05, 4.69) is 46.4 Å². The van der Waals surface area contributed by atoms with Crippen LogP contribution in [-0.2, 0) is 6.42 Å². The van der Waals surface area contributed by atoms with Gasteiger partial charge in [0.2, 0.25) is 0 Å². The summed E-state index contributed by atoms with van der Waals surface area (Å²) in [5.74, 6) is -0.283. The first-order valence-corrected chi connectivity index (χ1v) is 9.15. The Morgan fingerprint density at radius 2 is 1.81 bits per heavy atom. The van der Waals surface area contributed by atoms with Gasteiger partial charge in [-0.15, -0.1) is 0 Å². The molecule has 0 bridgehead atoms. The molecule has 1 amide bonds. The third-order valence-electron chi connectivity index (χ3n) is 4.85. The largest absolute Gasteiger partial charge is 0.349 e. The highest BCUT2D eigenvalue weighted by Crippen LogP contribution is 2.18. The molecule has 3 aromatic rings. The molecule has 2 N–H and O–H groups in total. The van der Waals surface area contributed by atoms with Crippen molar-refractivity contribution in [3.05, 3.63) is 81.8 Å². The van der Waals surface area contributed by atoms with E-state index in [4.69, 9.17) is 0 Å². The van der Waals surface area contributed by atoms with Crippen molar-refractivity contribution in [2.45, 2.75) is 19.4 Å². The van der Waals surface area contributed by atoms with Gasteiger partial charge >= 0.3 is 0 Å². The predicted molar refractivity (Wildman–Crippen MR) is 109 cm³/mol. The van der Waals surface area contributed by atoms with Gasteiger partial charge in [0, 0.05) is 11.9 Å². The number of aromatic nitrogens is 1. The zero-order valence-corrected chi connectivity index (χ0v) is 16.0. The standard InChI is InChI=1S/C22H25N3O2/c1-4-15-9-11-16(12-10-15)20(25(2)3)14-23-22(27)19-13-17-7-5-6-8-18(17)21(26)24-19/h5-13,20H,4,14H2,1-3H3,(H,23,27)(H,24,26). The zero-order chi connectivity index (χ0) is 19.4. The van der Waals surface area contributed by atoms with E-state index >= 15 is 0 Å². The molecule has 1 unspecified atom stereocenters. The number of carbonyl (C=O) groups is 1. The molecule has 0 aliphatic carbocycles. The van der Waals surface area contributed by atoms with Gasteiger partial charge in [-0.3, -0.25) is 9.59 Å². The lowest BCUT2D eigenvalue weighted by atomic mass is 10.0. The van der Waals surface area contributed by atoms with Crippen molar-refractivity contribution < 1.29 is 4.79 Å². The number of carbonyl (C=O) groups excluding carboxylic acids is 1. The summed E-state index contributed by atoms with van der Waals surface area (Å²) in [7, 11) is 3.98. The van der Waals surface area contributed by atoms with Crippen LogP contribution >= 0.6 is 0 Å². The van der Waals surface area contributed by atoms with Gasteiger partial charge in [-0.2, -0.15) is 0 Å². The molecule has 0 aliphatic heterocycles. The summed E-state index contributed by atoms with van der Waals surface area (Å²) in [4.78, 5) is 29.5. The van der Waals surface area contributed by atoms with Crippen molar-refractivity contribution in [3.63, 3.8) is 0 Å². The molecule has 0 saturated carbocycles. The predicted octanol–water partition coefficient (Wildman–Crippen LogP) is 3.12. The van der Waals surface area contributed by atoms with Crippen molar-refractivity contribution in [1.29, 1.82) is 0 Å². The molecule has 5 nitrogen and oxygen atoms in total. The van der Waals surface area contributed by atoms with Crippen LogP contribution in [-0.4, -0.2) is 36.4 Å². The fourth-order valence-corrected chi connectivity index (χ4v) is 3.19. The molecule has 0 spiro atoms. The van der Waals surface area contributed by atoms with Crippen molar-refractivity contribution in [1.82, 2.24) is 15.2 Å². The number of likely N-dealkylation sites (N-methyl/N-ethyl adjacent to an activating group) is 1. The second kappa shape index (κ2) is 8.18. The minimum Gasteiger partial charge on any atom is -0.349 e. The maximum atomic E-state index is 12.6.